The summed E-state index contributed by atoms with van der Waals surface area (Å²) in [6, 6.07) is 4.62. The van der Waals surface area contributed by atoms with Crippen LogP contribution in [0.15, 0.2) is 23.7 Å². The molecule has 0 fully saturated rings. The summed E-state index contributed by atoms with van der Waals surface area (Å²) in [5.41, 5.74) is 3.69. The molecular formula is C14H17BN2O4S. The zero-order valence-electron chi connectivity index (χ0n) is 12.3. The molecule has 2 rings (SSSR count). The van der Waals surface area contributed by atoms with Crippen LogP contribution in [0.4, 0.5) is 0 Å². The number of carbonyl (C=O) groups excluding carboxylic acids is 1. The quantitative estimate of drug-likeness (QED) is 0.576. The summed E-state index contributed by atoms with van der Waals surface area (Å²) in [5, 5.41) is 31.1. The third-order valence-corrected chi connectivity index (χ3v) is 4.38. The number of thiazole rings is 1. The second kappa shape index (κ2) is 7.02. The lowest BCUT2D eigenvalue weighted by atomic mass is 9.79. The van der Waals surface area contributed by atoms with Gasteiger partial charge >= 0.3 is 7.12 Å². The van der Waals surface area contributed by atoms with Crippen molar-refractivity contribution < 1.29 is 19.9 Å². The van der Waals surface area contributed by atoms with Crippen molar-refractivity contribution in [2.75, 3.05) is 6.54 Å². The number of nitrogens with zero attached hydrogens (tertiary/aromatic N) is 1. The number of aromatic nitrogens is 1. The first-order valence-corrected chi connectivity index (χ1v) is 7.61. The van der Waals surface area contributed by atoms with Crippen molar-refractivity contribution in [2.45, 2.75) is 20.0 Å². The first-order chi connectivity index (χ1) is 10.4. The summed E-state index contributed by atoms with van der Waals surface area (Å²) in [6.45, 7) is 3.62. The van der Waals surface area contributed by atoms with Crippen molar-refractivity contribution in [2.24, 2.45) is 0 Å². The summed E-state index contributed by atoms with van der Waals surface area (Å²) >= 11 is 1.34. The van der Waals surface area contributed by atoms with E-state index in [0.29, 0.717) is 11.1 Å². The van der Waals surface area contributed by atoms with Gasteiger partial charge in [-0.15, -0.1) is 11.3 Å². The molecule has 6 nitrogen and oxygen atoms in total. The van der Waals surface area contributed by atoms with E-state index in [1.165, 1.54) is 17.4 Å². The molecule has 116 valence electrons. The number of hydrogen-bond acceptors (Lipinski definition) is 6. The lowest BCUT2D eigenvalue weighted by Crippen LogP contribution is -2.33. The first-order valence-electron chi connectivity index (χ1n) is 6.73. The SMILES string of the molecule is Cc1ccc(B(O)O)cc1C(=O)NC[C@@H](O)c1scnc1C. The van der Waals surface area contributed by atoms with Gasteiger partial charge in [-0.3, -0.25) is 4.79 Å². The van der Waals surface area contributed by atoms with Gasteiger partial charge < -0.3 is 20.5 Å². The molecule has 1 aromatic heterocycles. The minimum absolute atomic E-state index is 0.0627. The van der Waals surface area contributed by atoms with Gasteiger partial charge in [-0.25, -0.2) is 4.98 Å². The Kier molecular flexibility index (Phi) is 5.30. The van der Waals surface area contributed by atoms with Gasteiger partial charge in [0.25, 0.3) is 5.91 Å². The van der Waals surface area contributed by atoms with Gasteiger partial charge in [0.05, 0.1) is 16.1 Å². The highest BCUT2D eigenvalue weighted by Gasteiger charge is 2.18. The molecule has 1 heterocycles. The number of rotatable bonds is 5. The molecule has 1 atom stereocenters. The van der Waals surface area contributed by atoms with Crippen LogP contribution in [0.25, 0.3) is 0 Å². The van der Waals surface area contributed by atoms with E-state index in [9.17, 15) is 19.9 Å². The maximum absolute atomic E-state index is 12.2. The van der Waals surface area contributed by atoms with Crippen LogP contribution in [0.5, 0.6) is 0 Å². The summed E-state index contributed by atoms with van der Waals surface area (Å²) in [4.78, 5) is 17.0. The number of aliphatic hydroxyl groups is 1. The number of aliphatic hydroxyl groups excluding tert-OH is 1. The van der Waals surface area contributed by atoms with Crippen molar-refractivity contribution in [3.63, 3.8) is 0 Å². The molecule has 0 saturated carbocycles. The minimum Gasteiger partial charge on any atom is -0.423 e. The van der Waals surface area contributed by atoms with Crippen molar-refractivity contribution >= 4 is 29.8 Å². The molecule has 2 aromatic rings. The molecule has 22 heavy (non-hydrogen) atoms. The highest BCUT2D eigenvalue weighted by molar-refractivity contribution is 7.09. The molecular weight excluding hydrogens is 303 g/mol. The summed E-state index contributed by atoms with van der Waals surface area (Å²) in [6.07, 6.45) is -0.816. The fourth-order valence-corrected chi connectivity index (χ4v) is 2.84. The molecule has 0 aliphatic carbocycles. The van der Waals surface area contributed by atoms with E-state index in [0.717, 1.165) is 10.6 Å². The Morgan fingerprint density at radius 1 is 1.41 bits per heavy atom. The van der Waals surface area contributed by atoms with Crippen molar-refractivity contribution in [1.82, 2.24) is 10.3 Å². The molecule has 0 radical (unpaired) electrons. The maximum Gasteiger partial charge on any atom is 0.488 e. The number of nitrogens with one attached hydrogen (secondary N) is 1. The van der Waals surface area contributed by atoms with Gasteiger partial charge in [0, 0.05) is 12.1 Å². The minimum atomic E-state index is -1.63. The average molecular weight is 320 g/mol. The third kappa shape index (κ3) is 3.72. The van der Waals surface area contributed by atoms with Crippen LogP contribution < -0.4 is 10.8 Å². The average Bonchev–Trinajstić information content (AvgIpc) is 2.90. The molecule has 0 saturated heterocycles. The molecule has 8 heteroatoms. The van der Waals surface area contributed by atoms with Gasteiger partial charge in [-0.2, -0.15) is 0 Å². The Labute approximate surface area is 132 Å². The number of carbonyl (C=O) groups is 1. The van der Waals surface area contributed by atoms with Gasteiger partial charge in [-0.1, -0.05) is 12.1 Å². The number of benzene rings is 1. The Morgan fingerprint density at radius 2 is 2.14 bits per heavy atom. The van der Waals surface area contributed by atoms with Crippen LogP contribution in [-0.2, 0) is 0 Å². The monoisotopic (exact) mass is 320 g/mol. The van der Waals surface area contributed by atoms with E-state index in [-0.39, 0.29) is 17.9 Å². The van der Waals surface area contributed by atoms with Crippen LogP contribution >= 0.6 is 11.3 Å². The van der Waals surface area contributed by atoms with E-state index in [4.69, 9.17) is 0 Å². The number of aryl methyl sites for hydroxylation is 2. The summed E-state index contributed by atoms with van der Waals surface area (Å²) in [7, 11) is -1.63. The predicted molar refractivity (Wildman–Crippen MR) is 85.1 cm³/mol. The summed E-state index contributed by atoms with van der Waals surface area (Å²) in [5.74, 6) is -0.374. The fraction of sp³-hybridized carbons (Fsp3) is 0.286. The molecule has 1 amide bonds. The highest BCUT2D eigenvalue weighted by atomic mass is 32.1. The Hall–Kier alpha value is -1.74. The molecule has 0 spiro atoms. The molecule has 0 aliphatic rings. The largest absolute Gasteiger partial charge is 0.488 e. The molecule has 0 unspecified atom stereocenters. The van der Waals surface area contributed by atoms with Gasteiger partial charge in [-0.05, 0) is 30.9 Å². The second-order valence-electron chi connectivity index (χ2n) is 4.98. The van der Waals surface area contributed by atoms with Crippen LogP contribution in [0, 0.1) is 13.8 Å². The van der Waals surface area contributed by atoms with Gasteiger partial charge in [0.15, 0.2) is 0 Å². The summed E-state index contributed by atoms with van der Waals surface area (Å²) < 4.78 is 0. The smallest absolute Gasteiger partial charge is 0.423 e. The van der Waals surface area contributed by atoms with E-state index in [1.807, 2.05) is 0 Å². The lowest BCUT2D eigenvalue weighted by Gasteiger charge is -2.13. The van der Waals surface area contributed by atoms with E-state index < -0.39 is 13.2 Å². The zero-order chi connectivity index (χ0) is 16.3. The Balaban J connectivity index is 2.06. The van der Waals surface area contributed by atoms with Crippen LogP contribution in [0.2, 0.25) is 0 Å². The van der Waals surface area contributed by atoms with Crippen molar-refractivity contribution in [1.29, 1.82) is 0 Å². The van der Waals surface area contributed by atoms with E-state index >= 15 is 0 Å². The normalized spacial score (nSPS) is 12.0. The van der Waals surface area contributed by atoms with Crippen LogP contribution in [-0.4, -0.2) is 39.7 Å². The first kappa shape index (κ1) is 16.6. The van der Waals surface area contributed by atoms with Crippen LogP contribution in [0.3, 0.4) is 0 Å². The fourth-order valence-electron chi connectivity index (χ4n) is 2.05. The van der Waals surface area contributed by atoms with E-state index in [2.05, 4.69) is 10.3 Å². The molecule has 4 N–H and O–H groups in total. The standard InChI is InChI=1S/C14H17BN2O4S/c1-8-3-4-10(15(20)21)5-11(8)14(19)16-6-12(18)13-9(2)17-7-22-13/h3-5,7,12,18,20-21H,6H2,1-2H3,(H,16,19)/t12-/m1/s1. The lowest BCUT2D eigenvalue weighted by molar-refractivity contribution is 0.0917. The number of amides is 1. The third-order valence-electron chi connectivity index (χ3n) is 3.35. The molecule has 0 aliphatic heterocycles. The van der Waals surface area contributed by atoms with E-state index in [1.54, 1.807) is 31.5 Å². The maximum atomic E-state index is 12.2. The van der Waals surface area contributed by atoms with Gasteiger partial charge in [0.1, 0.15) is 6.10 Å². The zero-order valence-corrected chi connectivity index (χ0v) is 13.1. The van der Waals surface area contributed by atoms with Gasteiger partial charge in [0.2, 0.25) is 0 Å². The Bertz CT molecular complexity index is 675. The number of hydrogen-bond donors (Lipinski definition) is 4. The van der Waals surface area contributed by atoms with Crippen LogP contribution in [0.1, 0.15) is 32.6 Å². The second-order valence-corrected chi connectivity index (χ2v) is 5.86. The Morgan fingerprint density at radius 3 is 2.73 bits per heavy atom. The topological polar surface area (TPSA) is 103 Å². The van der Waals surface area contributed by atoms with Crippen molar-refractivity contribution in [3.8, 4) is 0 Å². The predicted octanol–water partition coefficient (Wildman–Crippen LogP) is -0.0969. The molecule has 0 bridgehead atoms. The highest BCUT2D eigenvalue weighted by Crippen LogP contribution is 2.20. The molecule has 1 aromatic carbocycles. The van der Waals surface area contributed by atoms with Crippen molar-refractivity contribution in [3.05, 3.63) is 45.4 Å².